The van der Waals surface area contributed by atoms with Gasteiger partial charge >= 0.3 is 0 Å². The monoisotopic (exact) mass is 298 g/mol. The molecule has 20 heavy (non-hydrogen) atoms. The second-order valence-electron chi connectivity index (χ2n) is 4.98. The zero-order valence-corrected chi connectivity index (χ0v) is 12.7. The Balaban J connectivity index is 1.97. The normalized spacial score (nSPS) is 21.7. The molecule has 0 bridgehead atoms. The van der Waals surface area contributed by atoms with E-state index in [1.54, 1.807) is 7.11 Å². The van der Waals surface area contributed by atoms with Crippen molar-refractivity contribution < 1.29 is 19.0 Å². The maximum atomic E-state index is 11.5. The number of rotatable bonds is 6. The van der Waals surface area contributed by atoms with Crippen molar-refractivity contribution in [2.75, 3.05) is 20.3 Å². The van der Waals surface area contributed by atoms with Gasteiger partial charge in [-0.15, -0.1) is 0 Å². The number of benzene rings is 1. The minimum atomic E-state index is -0.485. The summed E-state index contributed by atoms with van der Waals surface area (Å²) in [5.41, 5.74) is 1.92. The lowest BCUT2D eigenvalue weighted by Gasteiger charge is -2.34. The zero-order chi connectivity index (χ0) is 14.7. The molecule has 0 heterocycles. The van der Waals surface area contributed by atoms with Crippen LogP contribution in [0.5, 0.6) is 5.75 Å². The van der Waals surface area contributed by atoms with E-state index in [-0.39, 0.29) is 11.9 Å². The molecule has 1 saturated carbocycles. The summed E-state index contributed by atoms with van der Waals surface area (Å²) >= 11 is 6.12. The summed E-state index contributed by atoms with van der Waals surface area (Å²) in [5.74, 6) is 0.802. The van der Waals surface area contributed by atoms with Gasteiger partial charge in [0.15, 0.2) is 11.9 Å². The lowest BCUT2D eigenvalue weighted by Crippen LogP contribution is -2.52. The van der Waals surface area contributed by atoms with Gasteiger partial charge in [-0.2, -0.15) is 0 Å². The van der Waals surface area contributed by atoms with Gasteiger partial charge in [0.1, 0.15) is 11.9 Å². The number of methoxy groups -OCH3 is 1. The van der Waals surface area contributed by atoms with Crippen LogP contribution >= 0.6 is 11.6 Å². The number of hydrogen-bond donors (Lipinski definition) is 0. The highest BCUT2D eigenvalue weighted by molar-refractivity contribution is 6.32. The van der Waals surface area contributed by atoms with Gasteiger partial charge in [0.05, 0.1) is 13.2 Å². The SMILES string of the molecule is COCCOC1C(=O)CC1Oc1cc(C)c(Cl)c(C)c1. The van der Waals surface area contributed by atoms with Crippen molar-refractivity contribution in [3.63, 3.8) is 0 Å². The van der Waals surface area contributed by atoms with Gasteiger partial charge in [-0.3, -0.25) is 4.79 Å². The van der Waals surface area contributed by atoms with E-state index in [2.05, 4.69) is 0 Å². The van der Waals surface area contributed by atoms with Crippen LogP contribution in [0, 0.1) is 13.8 Å². The van der Waals surface area contributed by atoms with Crippen LogP contribution < -0.4 is 4.74 Å². The Morgan fingerprint density at radius 3 is 2.45 bits per heavy atom. The smallest absolute Gasteiger partial charge is 0.169 e. The van der Waals surface area contributed by atoms with Crippen LogP contribution in [-0.4, -0.2) is 38.3 Å². The molecule has 2 unspecified atom stereocenters. The summed E-state index contributed by atoms with van der Waals surface area (Å²) in [7, 11) is 1.60. The topological polar surface area (TPSA) is 44.8 Å². The summed E-state index contributed by atoms with van der Waals surface area (Å²) in [6.45, 7) is 4.72. The van der Waals surface area contributed by atoms with Crippen LogP contribution in [-0.2, 0) is 14.3 Å². The fourth-order valence-corrected chi connectivity index (χ4v) is 2.29. The molecule has 1 fully saturated rings. The van der Waals surface area contributed by atoms with Gasteiger partial charge in [0.2, 0.25) is 0 Å². The van der Waals surface area contributed by atoms with Crippen molar-refractivity contribution in [1.82, 2.24) is 0 Å². The van der Waals surface area contributed by atoms with Crippen molar-refractivity contribution in [1.29, 1.82) is 0 Å². The van der Waals surface area contributed by atoms with Crippen LogP contribution in [0.1, 0.15) is 17.5 Å². The van der Waals surface area contributed by atoms with E-state index >= 15 is 0 Å². The van der Waals surface area contributed by atoms with E-state index in [0.29, 0.717) is 19.6 Å². The van der Waals surface area contributed by atoms with Crippen LogP contribution in [0.25, 0.3) is 0 Å². The third-order valence-corrected chi connectivity index (χ3v) is 3.94. The lowest BCUT2D eigenvalue weighted by molar-refractivity contribution is -0.156. The summed E-state index contributed by atoms with van der Waals surface area (Å²) in [5, 5.41) is 0.745. The van der Waals surface area contributed by atoms with Crippen LogP contribution in [0.2, 0.25) is 5.02 Å². The molecule has 2 atom stereocenters. The van der Waals surface area contributed by atoms with Gasteiger partial charge in [0.25, 0.3) is 0 Å². The number of Topliss-reactive ketones (excluding diaryl/α,β-unsaturated/α-hetero) is 1. The van der Waals surface area contributed by atoms with Gasteiger partial charge in [-0.25, -0.2) is 0 Å². The molecule has 0 amide bonds. The highest BCUT2D eigenvalue weighted by Gasteiger charge is 2.42. The molecule has 0 spiro atoms. The number of carbonyl (C=O) groups is 1. The Morgan fingerprint density at radius 1 is 1.25 bits per heavy atom. The fourth-order valence-electron chi connectivity index (χ4n) is 2.18. The average molecular weight is 299 g/mol. The molecule has 110 valence electrons. The molecule has 0 N–H and O–H groups in total. The summed E-state index contributed by atoms with van der Waals surface area (Å²) in [4.78, 5) is 11.5. The third kappa shape index (κ3) is 3.32. The highest BCUT2D eigenvalue weighted by atomic mass is 35.5. The molecule has 5 heteroatoms. The van der Waals surface area contributed by atoms with Gasteiger partial charge < -0.3 is 14.2 Å². The molecule has 1 aliphatic rings. The Kier molecular flexibility index (Phi) is 5.02. The summed E-state index contributed by atoms with van der Waals surface area (Å²) in [6, 6.07) is 3.76. The van der Waals surface area contributed by atoms with Gasteiger partial charge in [-0.1, -0.05) is 11.6 Å². The molecule has 0 aliphatic heterocycles. The van der Waals surface area contributed by atoms with Gasteiger partial charge in [0, 0.05) is 18.6 Å². The van der Waals surface area contributed by atoms with E-state index in [9.17, 15) is 4.79 Å². The molecule has 1 aromatic carbocycles. The van der Waals surface area contributed by atoms with E-state index < -0.39 is 6.10 Å². The van der Waals surface area contributed by atoms with Crippen molar-refractivity contribution in [3.8, 4) is 5.75 Å². The minimum Gasteiger partial charge on any atom is -0.487 e. The number of ketones is 1. The quantitative estimate of drug-likeness (QED) is 0.758. The van der Waals surface area contributed by atoms with Gasteiger partial charge in [-0.05, 0) is 37.1 Å². The largest absolute Gasteiger partial charge is 0.487 e. The fraction of sp³-hybridized carbons (Fsp3) is 0.533. The number of halogens is 1. The molecule has 1 aromatic rings. The molecule has 2 rings (SSSR count). The van der Waals surface area contributed by atoms with E-state index in [4.69, 9.17) is 25.8 Å². The molecule has 4 nitrogen and oxygen atoms in total. The Morgan fingerprint density at radius 2 is 1.90 bits per heavy atom. The van der Waals surface area contributed by atoms with Crippen LogP contribution in [0.3, 0.4) is 0 Å². The standard InChI is InChI=1S/C15H19ClO4/c1-9-6-11(7-10(2)14(9)16)20-13-8-12(17)15(13)19-5-4-18-3/h6-7,13,15H,4-5,8H2,1-3H3. The average Bonchev–Trinajstić information content (AvgIpc) is 2.40. The van der Waals surface area contributed by atoms with Crippen molar-refractivity contribution in [2.24, 2.45) is 0 Å². The predicted molar refractivity (Wildman–Crippen MR) is 76.6 cm³/mol. The molecule has 1 aliphatic carbocycles. The minimum absolute atomic E-state index is 0.0773. The zero-order valence-electron chi connectivity index (χ0n) is 11.9. The third-order valence-electron chi connectivity index (χ3n) is 3.34. The Labute approximate surface area is 124 Å². The first-order valence-electron chi connectivity index (χ1n) is 6.59. The summed E-state index contributed by atoms with van der Waals surface area (Å²) < 4.78 is 16.2. The first-order valence-corrected chi connectivity index (χ1v) is 6.97. The summed E-state index contributed by atoms with van der Waals surface area (Å²) in [6.07, 6.45) is -0.320. The molecular weight excluding hydrogens is 280 g/mol. The van der Waals surface area contributed by atoms with E-state index in [1.165, 1.54) is 0 Å². The first kappa shape index (κ1) is 15.3. The lowest BCUT2D eigenvalue weighted by atomic mass is 9.90. The Bertz CT molecular complexity index is 478. The number of carbonyl (C=O) groups excluding carboxylic acids is 1. The molecule has 0 radical (unpaired) electrons. The Hall–Kier alpha value is -1.10. The van der Waals surface area contributed by atoms with E-state index in [1.807, 2.05) is 26.0 Å². The first-order chi connectivity index (χ1) is 9.52. The number of ether oxygens (including phenoxy) is 3. The molecule has 0 aromatic heterocycles. The van der Waals surface area contributed by atoms with Crippen molar-refractivity contribution in [2.45, 2.75) is 32.5 Å². The number of aryl methyl sites for hydroxylation is 2. The second-order valence-corrected chi connectivity index (χ2v) is 5.36. The van der Waals surface area contributed by atoms with Crippen molar-refractivity contribution in [3.05, 3.63) is 28.3 Å². The highest BCUT2D eigenvalue weighted by Crippen LogP contribution is 2.30. The molecule has 0 saturated heterocycles. The second kappa shape index (κ2) is 6.57. The maximum absolute atomic E-state index is 11.5. The number of hydrogen-bond acceptors (Lipinski definition) is 4. The van der Waals surface area contributed by atoms with Crippen LogP contribution in [0.15, 0.2) is 12.1 Å². The maximum Gasteiger partial charge on any atom is 0.169 e. The van der Waals surface area contributed by atoms with Crippen LogP contribution in [0.4, 0.5) is 0 Å². The van der Waals surface area contributed by atoms with Crippen molar-refractivity contribution >= 4 is 17.4 Å². The van der Waals surface area contributed by atoms with E-state index in [0.717, 1.165) is 21.9 Å². The predicted octanol–water partition coefficient (Wildman–Crippen LogP) is 2.71. The molecular formula is C15H19ClO4.